The molecule has 1 amide bonds. The van der Waals surface area contributed by atoms with E-state index >= 15 is 0 Å². The predicted octanol–water partition coefficient (Wildman–Crippen LogP) is -0.754. The molecule has 0 spiro atoms. The smallest absolute Gasteiger partial charge is 0.265 e. The van der Waals surface area contributed by atoms with Crippen molar-refractivity contribution in [1.29, 1.82) is 0 Å². The summed E-state index contributed by atoms with van der Waals surface area (Å²) in [6.45, 7) is 5.16. The lowest BCUT2D eigenvalue weighted by Crippen LogP contribution is -2.43. The van der Waals surface area contributed by atoms with Gasteiger partial charge in [0.25, 0.3) is 5.91 Å². The first-order chi connectivity index (χ1) is 9.11. The van der Waals surface area contributed by atoms with Gasteiger partial charge in [-0.25, -0.2) is 4.98 Å². The van der Waals surface area contributed by atoms with Crippen molar-refractivity contribution in [3.8, 4) is 0 Å². The van der Waals surface area contributed by atoms with E-state index in [1.165, 1.54) is 11.3 Å². The van der Waals surface area contributed by atoms with E-state index < -0.39 is 0 Å². The molecule has 7 nitrogen and oxygen atoms in total. The van der Waals surface area contributed by atoms with E-state index in [4.69, 9.17) is 10.8 Å². The fraction of sp³-hybridized carbons (Fsp3) is 0.636. The van der Waals surface area contributed by atoms with Crippen molar-refractivity contribution in [2.24, 2.45) is 0 Å². The standard InChI is InChI=1S/C11H19N5O2S/c1-7(6-17)14-10(18)8-9(12)15-11(19-8)16-4-2-13-3-5-16/h7,13,17H,2-6,12H2,1H3,(H,14,18). The molecule has 1 aliphatic heterocycles. The van der Waals surface area contributed by atoms with E-state index in [2.05, 4.69) is 20.5 Å². The van der Waals surface area contributed by atoms with Crippen molar-refractivity contribution in [2.75, 3.05) is 43.4 Å². The molecule has 106 valence electrons. The van der Waals surface area contributed by atoms with Gasteiger partial charge < -0.3 is 26.4 Å². The number of nitrogens with one attached hydrogen (secondary N) is 2. The van der Waals surface area contributed by atoms with Crippen LogP contribution < -0.4 is 21.3 Å². The summed E-state index contributed by atoms with van der Waals surface area (Å²) < 4.78 is 0. The van der Waals surface area contributed by atoms with Crippen LogP contribution in [0.25, 0.3) is 0 Å². The zero-order valence-electron chi connectivity index (χ0n) is 10.8. The average molecular weight is 285 g/mol. The molecule has 2 heterocycles. The lowest BCUT2D eigenvalue weighted by molar-refractivity contribution is 0.0927. The number of piperazine rings is 1. The van der Waals surface area contributed by atoms with Crippen LogP contribution in [0.2, 0.25) is 0 Å². The van der Waals surface area contributed by atoms with E-state index in [9.17, 15) is 4.79 Å². The van der Waals surface area contributed by atoms with Crippen molar-refractivity contribution in [3.05, 3.63) is 4.88 Å². The van der Waals surface area contributed by atoms with Gasteiger partial charge in [0.05, 0.1) is 6.61 Å². The van der Waals surface area contributed by atoms with Gasteiger partial charge >= 0.3 is 0 Å². The van der Waals surface area contributed by atoms with Gasteiger partial charge in [-0.2, -0.15) is 0 Å². The molecule has 1 unspecified atom stereocenters. The molecule has 1 aromatic rings. The van der Waals surface area contributed by atoms with Gasteiger partial charge in [0, 0.05) is 32.2 Å². The summed E-state index contributed by atoms with van der Waals surface area (Å²) in [5, 5.41) is 15.6. The quantitative estimate of drug-likeness (QED) is 0.580. The van der Waals surface area contributed by atoms with Crippen molar-refractivity contribution >= 4 is 28.2 Å². The van der Waals surface area contributed by atoms with Crippen LogP contribution in [0, 0.1) is 0 Å². The van der Waals surface area contributed by atoms with Crippen molar-refractivity contribution in [3.63, 3.8) is 0 Å². The largest absolute Gasteiger partial charge is 0.394 e. The second kappa shape index (κ2) is 6.18. The first kappa shape index (κ1) is 14.0. The Kier molecular flexibility index (Phi) is 4.56. The molecule has 1 saturated heterocycles. The highest BCUT2D eigenvalue weighted by atomic mass is 32.1. The minimum Gasteiger partial charge on any atom is -0.394 e. The van der Waals surface area contributed by atoms with Crippen LogP contribution in [0.5, 0.6) is 0 Å². The third-order valence-electron chi connectivity index (χ3n) is 2.89. The SMILES string of the molecule is CC(CO)NC(=O)c1sc(N2CCNCC2)nc1N. The summed E-state index contributed by atoms with van der Waals surface area (Å²) in [6, 6.07) is -0.295. The molecule has 5 N–H and O–H groups in total. The highest BCUT2D eigenvalue weighted by Gasteiger charge is 2.21. The van der Waals surface area contributed by atoms with Crippen LogP contribution in [0.15, 0.2) is 0 Å². The fourth-order valence-corrected chi connectivity index (χ4v) is 2.75. The summed E-state index contributed by atoms with van der Waals surface area (Å²) in [4.78, 5) is 18.8. The Bertz CT molecular complexity index is 444. The summed E-state index contributed by atoms with van der Waals surface area (Å²) in [6.07, 6.45) is 0. The fourth-order valence-electron chi connectivity index (χ4n) is 1.81. The summed E-state index contributed by atoms with van der Waals surface area (Å²) in [7, 11) is 0. The van der Waals surface area contributed by atoms with Gasteiger partial charge in [0.15, 0.2) is 5.13 Å². The molecular weight excluding hydrogens is 266 g/mol. The number of carbonyl (C=O) groups excluding carboxylic acids is 1. The van der Waals surface area contributed by atoms with Gasteiger partial charge in [-0.1, -0.05) is 11.3 Å². The minimum atomic E-state index is -0.295. The maximum absolute atomic E-state index is 12.0. The number of anilines is 2. The normalized spacial score (nSPS) is 17.3. The Balaban J connectivity index is 2.09. The van der Waals surface area contributed by atoms with E-state index in [1.807, 2.05) is 0 Å². The minimum absolute atomic E-state index is 0.102. The van der Waals surface area contributed by atoms with Gasteiger partial charge in [0.1, 0.15) is 10.7 Å². The number of aromatic nitrogens is 1. The number of amides is 1. The lowest BCUT2D eigenvalue weighted by Gasteiger charge is -2.26. The van der Waals surface area contributed by atoms with Gasteiger partial charge in [0.2, 0.25) is 0 Å². The zero-order chi connectivity index (χ0) is 13.8. The molecule has 1 fully saturated rings. The number of rotatable bonds is 4. The Morgan fingerprint density at radius 3 is 2.95 bits per heavy atom. The molecule has 1 atom stereocenters. The number of carbonyl (C=O) groups is 1. The molecule has 0 aromatic carbocycles. The monoisotopic (exact) mass is 285 g/mol. The number of hydrogen-bond acceptors (Lipinski definition) is 7. The van der Waals surface area contributed by atoms with E-state index in [0.717, 1.165) is 31.3 Å². The molecule has 1 aromatic heterocycles. The third kappa shape index (κ3) is 3.34. The average Bonchev–Trinajstić information content (AvgIpc) is 2.81. The number of hydrogen-bond donors (Lipinski definition) is 4. The number of nitrogen functional groups attached to an aromatic ring is 1. The predicted molar refractivity (Wildman–Crippen MR) is 75.6 cm³/mol. The topological polar surface area (TPSA) is 104 Å². The van der Waals surface area contributed by atoms with E-state index in [0.29, 0.717) is 4.88 Å². The van der Waals surface area contributed by atoms with Crippen LogP contribution in [0.1, 0.15) is 16.6 Å². The molecule has 0 aliphatic carbocycles. The number of thiazole rings is 1. The van der Waals surface area contributed by atoms with Gasteiger partial charge in [-0.3, -0.25) is 4.79 Å². The molecule has 19 heavy (non-hydrogen) atoms. The van der Waals surface area contributed by atoms with Crippen molar-refractivity contribution in [2.45, 2.75) is 13.0 Å². The van der Waals surface area contributed by atoms with Crippen LogP contribution in [-0.4, -0.2) is 54.8 Å². The van der Waals surface area contributed by atoms with E-state index in [1.54, 1.807) is 6.92 Å². The number of nitrogens with zero attached hydrogens (tertiary/aromatic N) is 2. The Labute approximate surface area is 115 Å². The highest BCUT2D eigenvalue weighted by molar-refractivity contribution is 7.18. The molecule has 0 saturated carbocycles. The maximum atomic E-state index is 12.0. The second-order valence-electron chi connectivity index (χ2n) is 4.50. The number of aliphatic hydroxyl groups excluding tert-OH is 1. The van der Waals surface area contributed by atoms with Crippen LogP contribution in [0.3, 0.4) is 0 Å². The first-order valence-corrected chi connectivity index (χ1v) is 7.07. The van der Waals surface area contributed by atoms with Crippen LogP contribution in [-0.2, 0) is 0 Å². The van der Waals surface area contributed by atoms with Gasteiger partial charge in [-0.15, -0.1) is 0 Å². The molecule has 2 rings (SSSR count). The maximum Gasteiger partial charge on any atom is 0.265 e. The summed E-state index contributed by atoms with van der Waals surface area (Å²) >= 11 is 1.29. The Morgan fingerprint density at radius 2 is 2.32 bits per heavy atom. The van der Waals surface area contributed by atoms with E-state index in [-0.39, 0.29) is 24.4 Å². The highest BCUT2D eigenvalue weighted by Crippen LogP contribution is 2.28. The Hall–Kier alpha value is -1.38. The molecule has 0 bridgehead atoms. The van der Waals surface area contributed by atoms with Crippen LogP contribution in [0.4, 0.5) is 10.9 Å². The Morgan fingerprint density at radius 1 is 1.63 bits per heavy atom. The number of nitrogens with two attached hydrogens (primary N) is 1. The van der Waals surface area contributed by atoms with Crippen molar-refractivity contribution < 1.29 is 9.90 Å². The molecule has 0 radical (unpaired) electrons. The summed E-state index contributed by atoms with van der Waals surface area (Å²) in [5.74, 6) is -0.0286. The van der Waals surface area contributed by atoms with Crippen LogP contribution >= 0.6 is 11.3 Å². The molecule has 1 aliphatic rings. The van der Waals surface area contributed by atoms with Gasteiger partial charge in [-0.05, 0) is 6.92 Å². The molecule has 8 heteroatoms. The van der Waals surface area contributed by atoms with Crippen molar-refractivity contribution in [1.82, 2.24) is 15.6 Å². The number of aliphatic hydroxyl groups is 1. The first-order valence-electron chi connectivity index (χ1n) is 6.25. The zero-order valence-corrected chi connectivity index (χ0v) is 11.7. The molecular formula is C11H19N5O2S. The second-order valence-corrected chi connectivity index (χ2v) is 5.48. The third-order valence-corrected chi connectivity index (χ3v) is 4.02. The summed E-state index contributed by atoms with van der Waals surface area (Å²) in [5.41, 5.74) is 5.80. The lowest BCUT2D eigenvalue weighted by atomic mass is 10.3.